The first-order valence-corrected chi connectivity index (χ1v) is 12.4. The summed E-state index contributed by atoms with van der Waals surface area (Å²) in [6, 6.07) is 19.6. The predicted molar refractivity (Wildman–Crippen MR) is 143 cm³/mol. The van der Waals surface area contributed by atoms with Crippen molar-refractivity contribution in [2.45, 2.75) is 39.5 Å². The van der Waals surface area contributed by atoms with Crippen LogP contribution in [0.15, 0.2) is 65.1 Å². The van der Waals surface area contributed by atoms with Gasteiger partial charge in [0.15, 0.2) is 10.8 Å². The zero-order valence-electron chi connectivity index (χ0n) is 19.5. The second kappa shape index (κ2) is 8.40. The molecule has 0 radical (unpaired) electrons. The molecule has 2 N–H and O–H groups in total. The molecular formula is C27H26BrN3O2S. The summed E-state index contributed by atoms with van der Waals surface area (Å²) in [5, 5.41) is 7.15. The minimum Gasteiger partial charge on any atom is -0.467 e. The molecule has 5 nitrogen and oxygen atoms in total. The van der Waals surface area contributed by atoms with E-state index in [1.165, 1.54) is 0 Å². The van der Waals surface area contributed by atoms with E-state index in [-0.39, 0.29) is 11.9 Å². The van der Waals surface area contributed by atoms with Crippen LogP contribution in [0, 0.1) is 26.7 Å². The van der Waals surface area contributed by atoms with Gasteiger partial charge in [0.25, 0.3) is 0 Å². The Morgan fingerprint density at radius 3 is 2.56 bits per heavy atom. The van der Waals surface area contributed by atoms with Crippen molar-refractivity contribution in [1.29, 1.82) is 0 Å². The third-order valence-corrected chi connectivity index (χ3v) is 7.44. The van der Waals surface area contributed by atoms with Crippen LogP contribution in [0.1, 0.15) is 35.2 Å². The van der Waals surface area contributed by atoms with Gasteiger partial charge < -0.3 is 15.4 Å². The number of rotatable bonds is 3. The molecule has 5 rings (SSSR count). The number of carbonyl (C=O) groups excluding carboxylic acids is 1. The Morgan fingerprint density at radius 2 is 1.82 bits per heavy atom. The summed E-state index contributed by atoms with van der Waals surface area (Å²) < 4.78 is 7.58. The molecule has 174 valence electrons. The molecule has 0 unspecified atom stereocenters. The zero-order valence-corrected chi connectivity index (χ0v) is 21.9. The standard InChI is InChI=1S/C27H26BrN3O2S/c1-15-8-10-21(17(3)12-15)29-25(32)23-24-20-13-16(2)9-11-22(20)33-27(23,4)31(26(34)30-24)19-7-5-6-18(28)14-19/h5-14,23-24H,1-4H3,(H,29,32)(H,30,34)/t23-,24-,27-/m0/s1. The van der Waals surface area contributed by atoms with Crippen molar-refractivity contribution >= 4 is 50.5 Å². The van der Waals surface area contributed by atoms with E-state index in [1.54, 1.807) is 0 Å². The quantitative estimate of drug-likeness (QED) is 0.392. The number of amides is 1. The average molecular weight is 536 g/mol. The summed E-state index contributed by atoms with van der Waals surface area (Å²) in [6.07, 6.45) is 0. The van der Waals surface area contributed by atoms with Crippen molar-refractivity contribution in [2.24, 2.45) is 5.92 Å². The van der Waals surface area contributed by atoms with Gasteiger partial charge in [-0.3, -0.25) is 9.69 Å². The molecule has 7 heteroatoms. The van der Waals surface area contributed by atoms with Crippen molar-refractivity contribution in [2.75, 3.05) is 10.2 Å². The fourth-order valence-electron chi connectivity index (χ4n) is 5.07. The number of fused-ring (bicyclic) bond motifs is 4. The van der Waals surface area contributed by atoms with E-state index in [9.17, 15) is 4.79 Å². The molecule has 1 amide bonds. The highest BCUT2D eigenvalue weighted by Gasteiger charge is 2.59. The fraction of sp³-hybridized carbons (Fsp3) is 0.259. The molecular weight excluding hydrogens is 510 g/mol. The molecule has 2 heterocycles. The average Bonchev–Trinajstić information content (AvgIpc) is 2.76. The number of hydrogen-bond acceptors (Lipinski definition) is 3. The summed E-state index contributed by atoms with van der Waals surface area (Å²) in [6.45, 7) is 8.03. The minimum atomic E-state index is -1.04. The van der Waals surface area contributed by atoms with Crippen LogP contribution < -0.4 is 20.3 Å². The molecule has 3 aromatic carbocycles. The van der Waals surface area contributed by atoms with E-state index in [1.807, 2.05) is 81.1 Å². The second-order valence-corrected chi connectivity index (χ2v) is 10.5. The number of aryl methyl sites for hydroxylation is 3. The third kappa shape index (κ3) is 3.77. The van der Waals surface area contributed by atoms with Gasteiger partial charge in [0.2, 0.25) is 5.91 Å². The molecule has 3 atom stereocenters. The Bertz CT molecular complexity index is 1330. The van der Waals surface area contributed by atoms with Crippen LogP contribution in [0.2, 0.25) is 0 Å². The lowest BCUT2D eigenvalue weighted by Crippen LogP contribution is -2.72. The van der Waals surface area contributed by atoms with Crippen LogP contribution in [0.4, 0.5) is 11.4 Å². The van der Waals surface area contributed by atoms with Gasteiger partial charge in [0.05, 0.1) is 6.04 Å². The van der Waals surface area contributed by atoms with Gasteiger partial charge in [0, 0.05) is 21.4 Å². The fourth-order valence-corrected chi connectivity index (χ4v) is 5.87. The maximum atomic E-state index is 14.0. The van der Waals surface area contributed by atoms with Gasteiger partial charge in [-0.05, 0) is 75.8 Å². The molecule has 1 saturated heterocycles. The molecule has 0 spiro atoms. The summed E-state index contributed by atoms with van der Waals surface area (Å²) in [5.74, 6) is 0.0541. The Kier molecular flexibility index (Phi) is 5.65. The van der Waals surface area contributed by atoms with Crippen molar-refractivity contribution < 1.29 is 9.53 Å². The Labute approximate surface area is 213 Å². The lowest BCUT2D eigenvalue weighted by Gasteiger charge is -2.56. The van der Waals surface area contributed by atoms with E-state index in [0.717, 1.165) is 43.9 Å². The number of carbonyl (C=O) groups is 1. The van der Waals surface area contributed by atoms with Crippen LogP contribution in [-0.2, 0) is 4.79 Å². The summed E-state index contributed by atoms with van der Waals surface area (Å²) in [7, 11) is 0. The molecule has 0 saturated carbocycles. The van der Waals surface area contributed by atoms with Gasteiger partial charge in [-0.25, -0.2) is 0 Å². The first kappa shape index (κ1) is 22.9. The van der Waals surface area contributed by atoms with E-state index < -0.39 is 11.6 Å². The molecule has 2 aliphatic heterocycles. The van der Waals surface area contributed by atoms with Crippen molar-refractivity contribution in [3.8, 4) is 5.75 Å². The number of thiocarbonyl (C=S) groups is 1. The number of halogens is 1. The Hall–Kier alpha value is -2.90. The maximum absolute atomic E-state index is 14.0. The first-order chi connectivity index (χ1) is 16.2. The molecule has 0 aromatic heterocycles. The second-order valence-electron chi connectivity index (χ2n) is 9.23. The first-order valence-electron chi connectivity index (χ1n) is 11.2. The topological polar surface area (TPSA) is 53.6 Å². The van der Waals surface area contributed by atoms with Crippen LogP contribution >= 0.6 is 28.1 Å². The SMILES string of the molecule is Cc1ccc(NC(=O)[C@@H]2[C@H]3NC(=S)N(c4cccc(Br)c4)[C@@]2(C)Oc2ccc(C)cc23)c(C)c1. The molecule has 2 aliphatic rings. The summed E-state index contributed by atoms with van der Waals surface area (Å²) >= 11 is 9.39. The normalized spacial score (nSPS) is 23.0. The Morgan fingerprint density at radius 1 is 1.09 bits per heavy atom. The van der Waals surface area contributed by atoms with Crippen LogP contribution in [0.5, 0.6) is 5.75 Å². The van der Waals surface area contributed by atoms with Crippen molar-refractivity contribution in [3.63, 3.8) is 0 Å². The van der Waals surface area contributed by atoms with Crippen LogP contribution in [-0.4, -0.2) is 16.7 Å². The van der Waals surface area contributed by atoms with Gasteiger partial charge in [-0.2, -0.15) is 0 Å². The molecule has 3 aromatic rings. The maximum Gasteiger partial charge on any atom is 0.236 e. The molecule has 0 aliphatic carbocycles. The molecule has 2 bridgehead atoms. The smallest absolute Gasteiger partial charge is 0.236 e. The number of anilines is 2. The summed E-state index contributed by atoms with van der Waals surface area (Å²) in [4.78, 5) is 15.9. The monoisotopic (exact) mass is 535 g/mol. The molecule has 1 fully saturated rings. The largest absolute Gasteiger partial charge is 0.467 e. The lowest BCUT2D eigenvalue weighted by atomic mass is 9.78. The Balaban J connectivity index is 1.63. The van der Waals surface area contributed by atoms with Gasteiger partial charge in [-0.15, -0.1) is 0 Å². The van der Waals surface area contributed by atoms with Gasteiger partial charge in [0.1, 0.15) is 11.7 Å². The van der Waals surface area contributed by atoms with Crippen molar-refractivity contribution in [1.82, 2.24) is 5.32 Å². The van der Waals surface area contributed by atoms with E-state index >= 15 is 0 Å². The lowest BCUT2D eigenvalue weighted by molar-refractivity contribution is -0.130. The van der Waals surface area contributed by atoms with Gasteiger partial charge >= 0.3 is 0 Å². The number of benzene rings is 3. The van der Waals surface area contributed by atoms with Crippen molar-refractivity contribution in [3.05, 3.63) is 87.4 Å². The summed E-state index contributed by atoms with van der Waals surface area (Å²) in [5.41, 5.74) is 4.80. The van der Waals surface area contributed by atoms with Crippen LogP contribution in [0.3, 0.4) is 0 Å². The van der Waals surface area contributed by atoms with E-state index in [0.29, 0.717) is 5.11 Å². The highest BCUT2D eigenvalue weighted by Crippen LogP contribution is 2.50. The number of nitrogens with zero attached hydrogens (tertiary/aromatic N) is 1. The van der Waals surface area contributed by atoms with E-state index in [2.05, 4.69) is 38.7 Å². The van der Waals surface area contributed by atoms with Gasteiger partial charge in [-0.1, -0.05) is 57.4 Å². The van der Waals surface area contributed by atoms with E-state index in [4.69, 9.17) is 17.0 Å². The highest BCUT2D eigenvalue weighted by atomic mass is 79.9. The highest BCUT2D eigenvalue weighted by molar-refractivity contribution is 9.10. The minimum absolute atomic E-state index is 0.124. The predicted octanol–water partition coefficient (Wildman–Crippen LogP) is 6.17. The third-order valence-electron chi connectivity index (χ3n) is 6.64. The van der Waals surface area contributed by atoms with Crippen LogP contribution in [0.25, 0.3) is 0 Å². The molecule has 34 heavy (non-hydrogen) atoms. The number of nitrogens with one attached hydrogen (secondary N) is 2. The zero-order chi connectivity index (χ0) is 24.2. The number of ether oxygens (including phenoxy) is 1. The number of hydrogen-bond donors (Lipinski definition) is 2.